The lowest BCUT2D eigenvalue weighted by Gasteiger charge is -2.08. The number of hydrogen-bond acceptors (Lipinski definition) is 4. The van der Waals surface area contributed by atoms with Gasteiger partial charge in [0, 0.05) is 24.5 Å². The summed E-state index contributed by atoms with van der Waals surface area (Å²) in [5, 5.41) is 11.9. The van der Waals surface area contributed by atoms with Crippen molar-refractivity contribution < 1.29 is 14.3 Å². The highest BCUT2D eigenvalue weighted by Crippen LogP contribution is 2.19. The molecule has 0 spiro atoms. The lowest BCUT2D eigenvalue weighted by molar-refractivity contribution is -0.144. The molecule has 1 rings (SSSR count). The molecule has 0 saturated carbocycles. The molecule has 25 heavy (non-hydrogen) atoms. The maximum absolute atomic E-state index is 12.1. The van der Waals surface area contributed by atoms with Crippen LogP contribution in [0.15, 0.2) is 11.6 Å². The first-order chi connectivity index (χ1) is 11.8. The number of nitrogens with zero attached hydrogens (tertiary/aromatic N) is 2. The minimum Gasteiger partial charge on any atom is -0.451 e. The van der Waals surface area contributed by atoms with Crippen LogP contribution in [0.3, 0.4) is 0 Å². The Bertz CT molecular complexity index is 694. The second-order valence-corrected chi connectivity index (χ2v) is 6.42. The molecule has 0 aliphatic carbocycles. The van der Waals surface area contributed by atoms with Crippen molar-refractivity contribution >= 4 is 18.0 Å². The number of nitriles is 1. The lowest BCUT2D eigenvalue weighted by Crippen LogP contribution is -2.31. The third kappa shape index (κ3) is 6.11. The van der Waals surface area contributed by atoms with Crippen molar-refractivity contribution in [1.82, 2.24) is 9.88 Å². The molecule has 0 aromatic carbocycles. The third-order valence-corrected chi connectivity index (χ3v) is 3.74. The molecule has 0 atom stereocenters. The molecule has 0 aliphatic heterocycles. The van der Waals surface area contributed by atoms with E-state index in [4.69, 9.17) is 4.74 Å². The summed E-state index contributed by atoms with van der Waals surface area (Å²) in [7, 11) is 0. The summed E-state index contributed by atoms with van der Waals surface area (Å²) in [5.74, 6) is -0.851. The first kappa shape index (κ1) is 20.5. The molecule has 1 aromatic rings. The van der Waals surface area contributed by atoms with Gasteiger partial charge in [0.25, 0.3) is 5.91 Å². The Labute approximate surface area is 149 Å². The summed E-state index contributed by atoms with van der Waals surface area (Å²) >= 11 is 0. The second-order valence-electron chi connectivity index (χ2n) is 6.42. The highest BCUT2D eigenvalue weighted by molar-refractivity contribution is 5.99. The van der Waals surface area contributed by atoms with Crippen LogP contribution in [-0.2, 0) is 20.9 Å². The average Bonchev–Trinajstić information content (AvgIpc) is 2.83. The van der Waals surface area contributed by atoms with Gasteiger partial charge >= 0.3 is 5.97 Å². The van der Waals surface area contributed by atoms with Crippen LogP contribution in [0.25, 0.3) is 6.08 Å². The number of nitrogens with one attached hydrogen (secondary N) is 1. The molecule has 0 radical (unpaired) electrons. The molecule has 0 saturated heterocycles. The molecule has 136 valence electrons. The summed E-state index contributed by atoms with van der Waals surface area (Å²) < 4.78 is 7.08. The molecule has 0 aliphatic rings. The van der Waals surface area contributed by atoms with E-state index in [-0.39, 0.29) is 18.1 Å². The van der Waals surface area contributed by atoms with E-state index in [2.05, 4.69) is 16.8 Å². The van der Waals surface area contributed by atoms with Crippen molar-refractivity contribution in [3.8, 4) is 6.07 Å². The fourth-order valence-corrected chi connectivity index (χ4v) is 2.41. The Morgan fingerprint density at radius 2 is 2.08 bits per heavy atom. The first-order valence-corrected chi connectivity index (χ1v) is 8.52. The predicted octanol–water partition coefficient (Wildman–Crippen LogP) is 2.74. The molecular formula is C19H27N3O3. The summed E-state index contributed by atoms with van der Waals surface area (Å²) in [5.41, 5.74) is 2.76. The van der Waals surface area contributed by atoms with E-state index in [1.54, 1.807) is 0 Å². The van der Waals surface area contributed by atoms with Crippen LogP contribution in [-0.4, -0.2) is 29.6 Å². The third-order valence-electron chi connectivity index (χ3n) is 3.74. The number of carbonyl (C=O) groups is 2. The van der Waals surface area contributed by atoms with Crippen LogP contribution in [0.5, 0.6) is 0 Å². The molecule has 1 heterocycles. The summed E-state index contributed by atoms with van der Waals surface area (Å²) in [6, 6.07) is 3.79. The van der Waals surface area contributed by atoms with E-state index < -0.39 is 5.97 Å². The number of rotatable bonds is 8. The Hall–Kier alpha value is -2.55. The fraction of sp³-hybridized carbons (Fsp3) is 0.526. The van der Waals surface area contributed by atoms with Gasteiger partial charge in [-0.3, -0.25) is 4.79 Å². The van der Waals surface area contributed by atoms with E-state index in [0.717, 1.165) is 29.9 Å². The second kappa shape index (κ2) is 9.67. The molecule has 0 bridgehead atoms. The van der Waals surface area contributed by atoms with Gasteiger partial charge in [-0.05, 0) is 43.9 Å². The van der Waals surface area contributed by atoms with Gasteiger partial charge in [-0.15, -0.1) is 0 Å². The molecule has 6 heteroatoms. The number of aryl methyl sites for hydroxylation is 1. The summed E-state index contributed by atoms with van der Waals surface area (Å²) in [6.07, 6.45) is 2.51. The van der Waals surface area contributed by atoms with Gasteiger partial charge in [-0.1, -0.05) is 20.8 Å². The zero-order valence-corrected chi connectivity index (χ0v) is 15.7. The van der Waals surface area contributed by atoms with Gasteiger partial charge in [0.05, 0.1) is 0 Å². The van der Waals surface area contributed by atoms with Crippen LogP contribution < -0.4 is 5.32 Å². The predicted molar refractivity (Wildman–Crippen MR) is 96.6 cm³/mol. The SMILES string of the molecule is CCCn1c(C)cc(/C=C(\C#N)C(=O)OCC(=O)NCC(C)C)c1C. The largest absolute Gasteiger partial charge is 0.451 e. The van der Waals surface area contributed by atoms with Crippen molar-refractivity contribution in [2.75, 3.05) is 13.2 Å². The molecule has 1 N–H and O–H groups in total. The Balaban J connectivity index is 2.80. The standard InChI is InChI=1S/C19H27N3O3/c1-6-7-22-14(4)8-16(15(22)5)9-17(10-20)19(24)25-12-18(23)21-11-13(2)3/h8-9,13H,6-7,11-12H2,1-5H3,(H,21,23)/b17-9+. The maximum Gasteiger partial charge on any atom is 0.349 e. The molecule has 0 fully saturated rings. The minimum absolute atomic E-state index is 0.117. The number of hydrogen-bond donors (Lipinski definition) is 1. The van der Waals surface area contributed by atoms with E-state index in [1.165, 1.54) is 6.08 Å². The molecule has 1 amide bonds. The van der Waals surface area contributed by atoms with Gasteiger partial charge in [0.15, 0.2) is 6.61 Å². The normalized spacial score (nSPS) is 11.3. The van der Waals surface area contributed by atoms with E-state index in [1.807, 2.05) is 39.8 Å². The highest BCUT2D eigenvalue weighted by atomic mass is 16.5. The van der Waals surface area contributed by atoms with E-state index >= 15 is 0 Å². The Kier molecular flexibility index (Phi) is 7.93. The monoisotopic (exact) mass is 345 g/mol. The summed E-state index contributed by atoms with van der Waals surface area (Å²) in [4.78, 5) is 23.7. The average molecular weight is 345 g/mol. The van der Waals surface area contributed by atoms with E-state index in [9.17, 15) is 14.9 Å². The van der Waals surface area contributed by atoms with Crippen LogP contribution in [0.4, 0.5) is 0 Å². The molecular weight excluding hydrogens is 318 g/mol. The quantitative estimate of drug-likeness (QED) is 0.446. The van der Waals surface area contributed by atoms with Crippen LogP contribution >= 0.6 is 0 Å². The van der Waals surface area contributed by atoms with E-state index in [0.29, 0.717) is 12.5 Å². The number of aromatic nitrogens is 1. The van der Waals surface area contributed by atoms with Crippen molar-refractivity contribution in [3.05, 3.63) is 28.6 Å². The van der Waals surface area contributed by atoms with Crippen molar-refractivity contribution in [2.24, 2.45) is 5.92 Å². The van der Waals surface area contributed by atoms with Crippen molar-refractivity contribution in [3.63, 3.8) is 0 Å². The Morgan fingerprint density at radius 1 is 1.40 bits per heavy atom. The van der Waals surface area contributed by atoms with Gasteiger partial charge in [0.1, 0.15) is 11.6 Å². The lowest BCUT2D eigenvalue weighted by atomic mass is 10.1. The Morgan fingerprint density at radius 3 is 2.64 bits per heavy atom. The zero-order chi connectivity index (χ0) is 19.0. The first-order valence-electron chi connectivity index (χ1n) is 8.52. The van der Waals surface area contributed by atoms with Crippen molar-refractivity contribution in [1.29, 1.82) is 5.26 Å². The smallest absolute Gasteiger partial charge is 0.349 e. The van der Waals surface area contributed by atoms with Gasteiger partial charge in [0.2, 0.25) is 0 Å². The minimum atomic E-state index is -0.789. The molecule has 6 nitrogen and oxygen atoms in total. The zero-order valence-electron chi connectivity index (χ0n) is 15.7. The van der Waals surface area contributed by atoms with Gasteiger partial charge in [-0.2, -0.15) is 5.26 Å². The number of ether oxygens (including phenoxy) is 1. The fourth-order valence-electron chi connectivity index (χ4n) is 2.41. The van der Waals surface area contributed by atoms with Crippen LogP contribution in [0, 0.1) is 31.1 Å². The number of esters is 1. The highest BCUT2D eigenvalue weighted by Gasteiger charge is 2.15. The van der Waals surface area contributed by atoms with Gasteiger partial charge in [-0.25, -0.2) is 4.79 Å². The van der Waals surface area contributed by atoms with Gasteiger partial charge < -0.3 is 14.6 Å². The topological polar surface area (TPSA) is 84.1 Å². The maximum atomic E-state index is 12.1. The molecule has 1 aromatic heterocycles. The summed E-state index contributed by atoms with van der Waals surface area (Å²) in [6.45, 7) is 11.0. The van der Waals surface area contributed by atoms with Crippen molar-refractivity contribution in [2.45, 2.75) is 47.6 Å². The number of amides is 1. The molecule has 0 unspecified atom stereocenters. The van der Waals surface area contributed by atoms with Crippen LogP contribution in [0.1, 0.15) is 44.1 Å². The van der Waals surface area contributed by atoms with Crippen LogP contribution in [0.2, 0.25) is 0 Å². The number of carbonyl (C=O) groups excluding carboxylic acids is 2.